The van der Waals surface area contributed by atoms with Crippen LogP contribution in [0.25, 0.3) is 0 Å². The molecule has 9 heteroatoms. The summed E-state index contributed by atoms with van der Waals surface area (Å²) in [4.78, 5) is 14.9. The minimum atomic E-state index is -1.14. The van der Waals surface area contributed by atoms with E-state index in [-0.39, 0.29) is 17.9 Å². The van der Waals surface area contributed by atoms with E-state index in [0.29, 0.717) is 15.6 Å². The van der Waals surface area contributed by atoms with E-state index in [0.717, 1.165) is 11.8 Å². The number of phenols is 2. The molecular weight excluding hydrogens is 284 g/mol. The summed E-state index contributed by atoms with van der Waals surface area (Å²) in [5.74, 6) is -1.79. The maximum Gasteiger partial charge on any atom is 0.320 e. The fourth-order valence-corrected chi connectivity index (χ4v) is 2.35. The van der Waals surface area contributed by atoms with Crippen molar-refractivity contribution in [1.29, 1.82) is 0 Å². The molecule has 0 fully saturated rings. The smallest absolute Gasteiger partial charge is 0.320 e. The molecule has 0 aliphatic heterocycles. The molecule has 6 N–H and O–H groups in total. The maximum absolute atomic E-state index is 10.7. The monoisotopic (exact) mass is 296 g/mol. The Bertz CT molecular complexity index is 617. The maximum atomic E-state index is 10.7. The van der Waals surface area contributed by atoms with Gasteiger partial charge in [-0.2, -0.15) is 5.10 Å². The number of nitrogens with zero attached hydrogens (tertiary/aromatic N) is 2. The third-order valence-corrected chi connectivity index (χ3v) is 3.41. The molecule has 20 heavy (non-hydrogen) atoms. The highest BCUT2D eigenvalue weighted by Gasteiger charge is 2.16. The molecule has 2 aromatic rings. The molecule has 1 aromatic heterocycles. The second-order valence-electron chi connectivity index (χ2n) is 4.00. The van der Waals surface area contributed by atoms with Gasteiger partial charge < -0.3 is 21.1 Å². The minimum Gasteiger partial charge on any atom is -0.504 e. The molecule has 106 valence electrons. The summed E-state index contributed by atoms with van der Waals surface area (Å²) in [5, 5.41) is 34.9. The van der Waals surface area contributed by atoms with Gasteiger partial charge in [0.05, 0.1) is 4.90 Å². The zero-order valence-corrected chi connectivity index (χ0v) is 11.0. The summed E-state index contributed by atoms with van der Waals surface area (Å²) < 4.78 is 0. The van der Waals surface area contributed by atoms with Crippen molar-refractivity contribution in [3.8, 4) is 11.5 Å². The van der Waals surface area contributed by atoms with Crippen molar-refractivity contribution in [2.24, 2.45) is 5.73 Å². The summed E-state index contributed by atoms with van der Waals surface area (Å²) in [7, 11) is 0. The number of aromatic hydroxyl groups is 2. The number of hydrogen-bond acceptors (Lipinski definition) is 7. The first-order chi connectivity index (χ1) is 9.47. The van der Waals surface area contributed by atoms with Crippen LogP contribution in [0.4, 0.5) is 0 Å². The van der Waals surface area contributed by atoms with Crippen molar-refractivity contribution in [3.63, 3.8) is 0 Å². The Morgan fingerprint density at radius 1 is 1.45 bits per heavy atom. The molecule has 0 unspecified atom stereocenters. The van der Waals surface area contributed by atoms with E-state index in [2.05, 4.69) is 15.2 Å². The molecular formula is C11H12N4O4S. The van der Waals surface area contributed by atoms with E-state index in [4.69, 9.17) is 10.8 Å². The third kappa shape index (κ3) is 3.19. The van der Waals surface area contributed by atoms with Crippen LogP contribution in [0.15, 0.2) is 28.5 Å². The zero-order valence-electron chi connectivity index (χ0n) is 10.1. The molecule has 0 radical (unpaired) electrons. The van der Waals surface area contributed by atoms with Crippen molar-refractivity contribution in [3.05, 3.63) is 24.0 Å². The number of aromatic nitrogens is 3. The molecule has 0 saturated carbocycles. The fourth-order valence-electron chi connectivity index (χ4n) is 1.53. The number of aromatic amines is 1. The first kappa shape index (κ1) is 14.2. The Hall–Kier alpha value is -2.26. The van der Waals surface area contributed by atoms with Crippen LogP contribution in [-0.4, -0.2) is 42.5 Å². The van der Waals surface area contributed by atoms with Crippen molar-refractivity contribution >= 4 is 17.7 Å². The first-order valence-electron chi connectivity index (χ1n) is 5.54. The van der Waals surface area contributed by atoms with Crippen LogP contribution >= 0.6 is 11.8 Å². The van der Waals surface area contributed by atoms with Gasteiger partial charge in [0.25, 0.3) is 0 Å². The number of nitrogens with two attached hydrogens (primary N) is 1. The highest BCUT2D eigenvalue weighted by molar-refractivity contribution is 7.99. The number of benzene rings is 1. The van der Waals surface area contributed by atoms with Crippen LogP contribution in [0.2, 0.25) is 0 Å². The predicted molar refractivity (Wildman–Crippen MR) is 69.6 cm³/mol. The van der Waals surface area contributed by atoms with Crippen molar-refractivity contribution in [2.75, 3.05) is 0 Å². The predicted octanol–water partition coefficient (Wildman–Crippen LogP) is 0.322. The number of aliphatic carboxylic acids is 1. The van der Waals surface area contributed by atoms with Gasteiger partial charge in [0, 0.05) is 0 Å². The number of carboxylic acid groups (broad SMARTS) is 1. The molecule has 0 aliphatic rings. The van der Waals surface area contributed by atoms with Gasteiger partial charge in [-0.15, -0.1) is 0 Å². The van der Waals surface area contributed by atoms with Crippen LogP contribution in [0.5, 0.6) is 11.5 Å². The van der Waals surface area contributed by atoms with Gasteiger partial charge in [-0.25, -0.2) is 4.98 Å². The van der Waals surface area contributed by atoms with E-state index in [9.17, 15) is 15.0 Å². The highest BCUT2D eigenvalue weighted by atomic mass is 32.2. The number of carbonyl (C=O) groups is 1. The van der Waals surface area contributed by atoms with Gasteiger partial charge in [-0.1, -0.05) is 0 Å². The minimum absolute atomic E-state index is 0.0349. The Balaban J connectivity index is 2.27. The lowest BCUT2D eigenvalue weighted by atomic mass is 10.1. The number of phenolic OH excluding ortho intramolecular Hbond substituents is 2. The number of H-pyrrole nitrogens is 1. The molecule has 1 aromatic carbocycles. The van der Waals surface area contributed by atoms with Crippen LogP contribution in [-0.2, 0) is 11.2 Å². The Morgan fingerprint density at radius 3 is 2.80 bits per heavy atom. The molecule has 8 nitrogen and oxygen atoms in total. The molecule has 0 bridgehead atoms. The van der Waals surface area contributed by atoms with Crippen LogP contribution in [0.3, 0.4) is 0 Å². The fraction of sp³-hybridized carbons (Fsp3) is 0.182. The summed E-state index contributed by atoms with van der Waals surface area (Å²) in [5.41, 5.74) is 5.94. The summed E-state index contributed by atoms with van der Waals surface area (Å²) in [6, 6.07) is 1.75. The van der Waals surface area contributed by atoms with E-state index >= 15 is 0 Å². The highest BCUT2D eigenvalue weighted by Crippen LogP contribution is 2.39. The van der Waals surface area contributed by atoms with Gasteiger partial charge in [0.2, 0.25) is 0 Å². The second-order valence-corrected chi connectivity index (χ2v) is 5.03. The van der Waals surface area contributed by atoms with Gasteiger partial charge in [-0.3, -0.25) is 9.89 Å². The molecule has 1 heterocycles. The Labute approximate surface area is 117 Å². The zero-order chi connectivity index (χ0) is 14.7. The van der Waals surface area contributed by atoms with E-state index in [1.807, 2.05) is 0 Å². The molecule has 0 saturated heterocycles. The topological polar surface area (TPSA) is 145 Å². The molecule has 0 amide bonds. The van der Waals surface area contributed by atoms with Crippen molar-refractivity contribution in [2.45, 2.75) is 22.5 Å². The summed E-state index contributed by atoms with van der Waals surface area (Å²) >= 11 is 1.06. The van der Waals surface area contributed by atoms with E-state index < -0.39 is 12.0 Å². The quantitative estimate of drug-likeness (QED) is 0.496. The average molecular weight is 296 g/mol. The van der Waals surface area contributed by atoms with Gasteiger partial charge in [0.15, 0.2) is 16.7 Å². The molecule has 1 atom stereocenters. The van der Waals surface area contributed by atoms with Crippen LogP contribution in [0.1, 0.15) is 5.56 Å². The lowest BCUT2D eigenvalue weighted by molar-refractivity contribution is -0.138. The SMILES string of the molecule is N[C@@H](Cc1cc(O)c(O)c(Sc2ncn[nH]2)c1)C(=O)O. The Morgan fingerprint density at radius 2 is 2.20 bits per heavy atom. The van der Waals surface area contributed by atoms with Crippen LogP contribution < -0.4 is 5.73 Å². The number of nitrogens with one attached hydrogen (secondary N) is 1. The number of rotatable bonds is 5. The summed E-state index contributed by atoms with van der Waals surface area (Å²) in [6.45, 7) is 0. The molecule has 0 spiro atoms. The second kappa shape index (κ2) is 5.80. The first-order valence-corrected chi connectivity index (χ1v) is 6.35. The van der Waals surface area contributed by atoms with Crippen molar-refractivity contribution in [1.82, 2.24) is 15.2 Å². The normalized spacial score (nSPS) is 12.2. The lowest BCUT2D eigenvalue weighted by Gasteiger charge is -2.10. The third-order valence-electron chi connectivity index (χ3n) is 2.49. The molecule has 0 aliphatic carbocycles. The van der Waals surface area contributed by atoms with Gasteiger partial charge in [-0.05, 0) is 35.9 Å². The standard InChI is InChI=1S/C11H12N4O4S/c12-6(10(18)19)1-5-2-7(16)9(17)8(3-5)20-11-13-4-14-15-11/h2-4,6,16-17H,1,12H2,(H,18,19)(H,13,14,15)/t6-/m0/s1. The summed E-state index contributed by atoms with van der Waals surface area (Å²) in [6.07, 6.45) is 1.34. The molecule has 2 rings (SSSR count). The van der Waals surface area contributed by atoms with E-state index in [1.165, 1.54) is 12.4 Å². The van der Waals surface area contributed by atoms with Gasteiger partial charge in [0.1, 0.15) is 12.4 Å². The number of carboxylic acids is 1. The Kier molecular flexibility index (Phi) is 4.11. The average Bonchev–Trinajstić information content (AvgIpc) is 2.88. The van der Waals surface area contributed by atoms with Crippen LogP contribution in [0, 0.1) is 0 Å². The van der Waals surface area contributed by atoms with Gasteiger partial charge >= 0.3 is 5.97 Å². The largest absolute Gasteiger partial charge is 0.504 e. The van der Waals surface area contributed by atoms with E-state index in [1.54, 1.807) is 6.07 Å². The number of hydrogen-bond donors (Lipinski definition) is 5. The van der Waals surface area contributed by atoms with Crippen molar-refractivity contribution < 1.29 is 20.1 Å². The lowest BCUT2D eigenvalue weighted by Crippen LogP contribution is -2.32.